The van der Waals surface area contributed by atoms with Crippen LogP contribution in [0.15, 0.2) is 36.4 Å². The van der Waals surface area contributed by atoms with Crippen molar-refractivity contribution in [1.82, 2.24) is 5.32 Å². The van der Waals surface area contributed by atoms with Crippen molar-refractivity contribution in [1.29, 1.82) is 0 Å². The zero-order valence-electron chi connectivity index (χ0n) is 12.8. The van der Waals surface area contributed by atoms with E-state index >= 15 is 0 Å². The Hall–Kier alpha value is -2.20. The third-order valence-corrected chi connectivity index (χ3v) is 4.51. The third kappa shape index (κ3) is 3.13. The number of carbonyl (C=O) groups excluding carboxylic acids is 1. The number of fused-ring (bicyclic) bond motifs is 1. The molecule has 120 valence electrons. The van der Waals surface area contributed by atoms with Gasteiger partial charge in [-0.15, -0.1) is 0 Å². The number of phenolic OH excluding ortho intramolecular Hbond substituents is 1. The van der Waals surface area contributed by atoms with Crippen LogP contribution >= 0.6 is 11.6 Å². The molecule has 23 heavy (non-hydrogen) atoms. The van der Waals surface area contributed by atoms with Crippen molar-refractivity contribution < 1.29 is 14.6 Å². The highest BCUT2D eigenvalue weighted by Gasteiger charge is 2.24. The highest BCUT2D eigenvalue weighted by atomic mass is 35.5. The first-order chi connectivity index (χ1) is 11.1. The number of nitrogens with one attached hydrogen (secondary N) is 1. The van der Waals surface area contributed by atoms with Crippen LogP contribution in [0, 0.1) is 0 Å². The van der Waals surface area contributed by atoms with Crippen LogP contribution in [0.5, 0.6) is 11.5 Å². The lowest BCUT2D eigenvalue weighted by Crippen LogP contribution is -2.31. The number of ether oxygens (including phenoxy) is 1. The fraction of sp³-hybridized carbons (Fsp3) is 0.278. The summed E-state index contributed by atoms with van der Waals surface area (Å²) in [5.41, 5.74) is 2.48. The maximum atomic E-state index is 12.5. The minimum Gasteiger partial charge on any atom is -0.506 e. The van der Waals surface area contributed by atoms with Gasteiger partial charge >= 0.3 is 0 Å². The van der Waals surface area contributed by atoms with Gasteiger partial charge in [0.2, 0.25) is 0 Å². The average Bonchev–Trinajstić information content (AvgIpc) is 2.57. The summed E-state index contributed by atoms with van der Waals surface area (Å²) in [6.07, 6.45) is 2.85. The van der Waals surface area contributed by atoms with Crippen LogP contribution in [0.1, 0.15) is 40.4 Å². The lowest BCUT2D eigenvalue weighted by atomic mass is 9.87. The molecule has 0 fully saturated rings. The molecule has 0 saturated carbocycles. The molecule has 2 aromatic carbocycles. The largest absolute Gasteiger partial charge is 0.506 e. The van der Waals surface area contributed by atoms with Gasteiger partial charge in [-0.3, -0.25) is 4.79 Å². The van der Waals surface area contributed by atoms with Crippen LogP contribution in [0.2, 0.25) is 5.02 Å². The lowest BCUT2D eigenvalue weighted by Gasteiger charge is -2.27. The summed E-state index contributed by atoms with van der Waals surface area (Å²) < 4.78 is 5.28. The van der Waals surface area contributed by atoms with E-state index in [4.69, 9.17) is 16.3 Å². The molecule has 2 aromatic rings. The Morgan fingerprint density at radius 1 is 1.35 bits per heavy atom. The number of phenols is 1. The van der Waals surface area contributed by atoms with Crippen LogP contribution in [0.4, 0.5) is 0 Å². The fourth-order valence-electron chi connectivity index (χ4n) is 2.99. The molecule has 1 unspecified atom stereocenters. The van der Waals surface area contributed by atoms with E-state index in [1.54, 1.807) is 25.3 Å². The zero-order chi connectivity index (χ0) is 16.4. The molecule has 0 bridgehead atoms. The molecule has 5 heteroatoms. The molecular formula is C18H18ClNO3. The lowest BCUT2D eigenvalue weighted by molar-refractivity contribution is 0.0930. The SMILES string of the molecule is COc1ccc2c(c1)C(NC(=O)c1cccc(Cl)c1O)CCC2. The number of rotatable bonds is 3. The number of amides is 1. The quantitative estimate of drug-likeness (QED) is 0.897. The van der Waals surface area contributed by atoms with Crippen molar-refractivity contribution in [3.8, 4) is 11.5 Å². The topological polar surface area (TPSA) is 58.6 Å². The molecule has 0 saturated heterocycles. The number of hydrogen-bond donors (Lipinski definition) is 2. The third-order valence-electron chi connectivity index (χ3n) is 4.20. The number of methoxy groups -OCH3 is 1. The maximum absolute atomic E-state index is 12.5. The molecule has 1 atom stereocenters. The number of carbonyl (C=O) groups is 1. The number of aryl methyl sites for hydroxylation is 1. The normalized spacial score (nSPS) is 16.5. The molecule has 3 rings (SSSR count). The number of halogens is 1. The standard InChI is InChI=1S/C18H18ClNO3/c1-23-12-9-8-11-4-2-7-16(14(11)10-12)20-18(22)13-5-3-6-15(19)17(13)21/h3,5-6,8-10,16,21H,2,4,7H2,1H3,(H,20,22). The Kier molecular flexibility index (Phi) is 4.44. The second-order valence-electron chi connectivity index (χ2n) is 5.62. The van der Waals surface area contributed by atoms with Crippen molar-refractivity contribution in [3.63, 3.8) is 0 Å². The molecule has 0 aromatic heterocycles. The first kappa shape index (κ1) is 15.7. The second kappa shape index (κ2) is 6.50. The van der Waals surface area contributed by atoms with Gasteiger partial charge in [-0.1, -0.05) is 23.7 Å². The van der Waals surface area contributed by atoms with Gasteiger partial charge in [0.05, 0.1) is 23.7 Å². The van der Waals surface area contributed by atoms with Crippen LogP contribution < -0.4 is 10.1 Å². The smallest absolute Gasteiger partial charge is 0.255 e. The molecule has 0 aliphatic heterocycles. The Labute approximate surface area is 140 Å². The number of hydrogen-bond acceptors (Lipinski definition) is 3. The summed E-state index contributed by atoms with van der Waals surface area (Å²) in [6, 6.07) is 10.6. The molecule has 1 amide bonds. The average molecular weight is 332 g/mol. The minimum absolute atomic E-state index is 0.0975. The summed E-state index contributed by atoms with van der Waals surface area (Å²) in [5.74, 6) is 0.259. The van der Waals surface area contributed by atoms with E-state index in [0.29, 0.717) is 0 Å². The molecular weight excluding hydrogens is 314 g/mol. The van der Waals surface area contributed by atoms with Crippen LogP contribution in [0.3, 0.4) is 0 Å². The van der Waals surface area contributed by atoms with Gasteiger partial charge in [0.1, 0.15) is 11.5 Å². The van der Waals surface area contributed by atoms with E-state index in [1.165, 1.54) is 5.56 Å². The van der Waals surface area contributed by atoms with Crippen molar-refractivity contribution in [2.24, 2.45) is 0 Å². The van der Waals surface area contributed by atoms with Crippen molar-refractivity contribution in [2.45, 2.75) is 25.3 Å². The van der Waals surface area contributed by atoms with E-state index in [9.17, 15) is 9.90 Å². The highest BCUT2D eigenvalue weighted by Crippen LogP contribution is 2.33. The van der Waals surface area contributed by atoms with Gasteiger partial charge in [0.15, 0.2) is 0 Å². The molecule has 0 radical (unpaired) electrons. The molecule has 0 heterocycles. The van der Waals surface area contributed by atoms with Crippen molar-refractivity contribution >= 4 is 17.5 Å². The van der Waals surface area contributed by atoms with E-state index in [2.05, 4.69) is 5.32 Å². The van der Waals surface area contributed by atoms with Crippen molar-refractivity contribution in [2.75, 3.05) is 7.11 Å². The summed E-state index contributed by atoms with van der Waals surface area (Å²) in [5, 5.41) is 13.1. The van der Waals surface area contributed by atoms with E-state index in [1.807, 2.05) is 18.2 Å². The van der Waals surface area contributed by atoms with Crippen LogP contribution in [-0.2, 0) is 6.42 Å². The summed E-state index contributed by atoms with van der Waals surface area (Å²) in [6.45, 7) is 0. The molecule has 2 N–H and O–H groups in total. The predicted octanol–water partition coefficient (Wildman–Crippen LogP) is 3.86. The fourth-order valence-corrected chi connectivity index (χ4v) is 3.16. The van der Waals surface area contributed by atoms with Gasteiger partial charge < -0.3 is 15.2 Å². The Morgan fingerprint density at radius 2 is 2.17 bits per heavy atom. The molecule has 0 spiro atoms. The summed E-state index contributed by atoms with van der Waals surface area (Å²) >= 11 is 5.87. The number of para-hydroxylation sites is 1. The van der Waals surface area contributed by atoms with Gasteiger partial charge in [-0.05, 0) is 54.7 Å². The Morgan fingerprint density at radius 3 is 2.96 bits per heavy atom. The molecule has 1 aliphatic rings. The minimum atomic E-state index is -0.328. The van der Waals surface area contributed by atoms with Gasteiger partial charge in [0.25, 0.3) is 5.91 Å². The Balaban J connectivity index is 1.87. The predicted molar refractivity (Wildman–Crippen MR) is 89.3 cm³/mol. The first-order valence-corrected chi connectivity index (χ1v) is 7.93. The first-order valence-electron chi connectivity index (χ1n) is 7.55. The summed E-state index contributed by atoms with van der Waals surface area (Å²) in [7, 11) is 1.63. The van der Waals surface area contributed by atoms with Crippen LogP contribution in [-0.4, -0.2) is 18.1 Å². The monoisotopic (exact) mass is 331 g/mol. The number of aromatic hydroxyl groups is 1. The zero-order valence-corrected chi connectivity index (χ0v) is 13.6. The van der Waals surface area contributed by atoms with Gasteiger partial charge in [0, 0.05) is 0 Å². The van der Waals surface area contributed by atoms with E-state index in [0.717, 1.165) is 30.6 Å². The second-order valence-corrected chi connectivity index (χ2v) is 6.03. The number of benzene rings is 2. The highest BCUT2D eigenvalue weighted by molar-refractivity contribution is 6.32. The van der Waals surface area contributed by atoms with Gasteiger partial charge in [-0.25, -0.2) is 0 Å². The Bertz CT molecular complexity index is 745. The van der Waals surface area contributed by atoms with Gasteiger partial charge in [-0.2, -0.15) is 0 Å². The maximum Gasteiger partial charge on any atom is 0.255 e. The van der Waals surface area contributed by atoms with Crippen LogP contribution in [0.25, 0.3) is 0 Å². The molecule has 4 nitrogen and oxygen atoms in total. The molecule has 1 aliphatic carbocycles. The van der Waals surface area contributed by atoms with Crippen molar-refractivity contribution in [3.05, 3.63) is 58.1 Å². The van der Waals surface area contributed by atoms with E-state index in [-0.39, 0.29) is 28.3 Å². The summed E-state index contributed by atoms with van der Waals surface area (Å²) in [4.78, 5) is 12.5. The van der Waals surface area contributed by atoms with E-state index < -0.39 is 0 Å².